The highest BCUT2D eigenvalue weighted by Crippen LogP contribution is 2.28. The van der Waals surface area contributed by atoms with E-state index in [1.54, 1.807) is 6.07 Å². The van der Waals surface area contributed by atoms with Crippen LogP contribution in [-0.4, -0.2) is 41.3 Å². The Morgan fingerprint density at radius 3 is 2.69 bits per heavy atom. The molecule has 1 saturated heterocycles. The third-order valence-corrected chi connectivity index (χ3v) is 3.93. The zero-order valence-electron chi connectivity index (χ0n) is 14.0. The van der Waals surface area contributed by atoms with Gasteiger partial charge in [0.15, 0.2) is 0 Å². The van der Waals surface area contributed by atoms with Gasteiger partial charge in [0, 0.05) is 24.7 Å². The van der Waals surface area contributed by atoms with Crippen molar-refractivity contribution in [3.8, 4) is 11.6 Å². The number of para-hydroxylation sites is 1. The summed E-state index contributed by atoms with van der Waals surface area (Å²) in [6.45, 7) is 2.50. The van der Waals surface area contributed by atoms with Gasteiger partial charge in [0.25, 0.3) is 5.91 Å². The number of hydrogen-bond acceptors (Lipinski definition) is 4. The Kier molecular flexibility index (Phi) is 5.01. The van der Waals surface area contributed by atoms with Gasteiger partial charge in [0.2, 0.25) is 5.88 Å². The SMILES string of the molecule is Cc1cccc(OC2CCN(C(=O)c3ccccc3OC(F)(F)F)C2)n1. The van der Waals surface area contributed by atoms with Gasteiger partial charge in [-0.05, 0) is 25.1 Å². The molecule has 0 radical (unpaired) electrons. The molecule has 1 aliphatic heterocycles. The minimum absolute atomic E-state index is 0.126. The fourth-order valence-electron chi connectivity index (χ4n) is 2.79. The molecule has 1 aromatic heterocycles. The third-order valence-electron chi connectivity index (χ3n) is 3.93. The quantitative estimate of drug-likeness (QED) is 0.830. The molecule has 0 bridgehead atoms. The van der Waals surface area contributed by atoms with Crippen LogP contribution in [0.2, 0.25) is 0 Å². The zero-order valence-corrected chi connectivity index (χ0v) is 14.0. The number of halogens is 3. The summed E-state index contributed by atoms with van der Waals surface area (Å²) < 4.78 is 47.3. The highest BCUT2D eigenvalue weighted by atomic mass is 19.4. The van der Waals surface area contributed by atoms with Gasteiger partial charge < -0.3 is 14.4 Å². The number of alkyl halides is 3. The lowest BCUT2D eigenvalue weighted by Gasteiger charge is -2.19. The van der Waals surface area contributed by atoms with Crippen LogP contribution in [0.5, 0.6) is 11.6 Å². The largest absolute Gasteiger partial charge is 0.573 e. The summed E-state index contributed by atoms with van der Waals surface area (Å²) in [5.41, 5.74) is 0.686. The van der Waals surface area contributed by atoms with Crippen LogP contribution >= 0.6 is 0 Å². The Morgan fingerprint density at radius 1 is 1.19 bits per heavy atom. The van der Waals surface area contributed by atoms with Crippen LogP contribution < -0.4 is 9.47 Å². The Bertz CT molecular complexity index is 795. The second kappa shape index (κ2) is 7.23. The van der Waals surface area contributed by atoms with E-state index in [-0.39, 0.29) is 18.2 Å². The first-order valence-corrected chi connectivity index (χ1v) is 8.06. The van der Waals surface area contributed by atoms with E-state index >= 15 is 0 Å². The van der Waals surface area contributed by atoms with Crippen molar-refractivity contribution in [2.24, 2.45) is 0 Å². The van der Waals surface area contributed by atoms with Crippen LogP contribution in [0.15, 0.2) is 42.5 Å². The first-order chi connectivity index (χ1) is 12.3. The molecule has 0 aliphatic carbocycles. The van der Waals surface area contributed by atoms with E-state index in [9.17, 15) is 18.0 Å². The van der Waals surface area contributed by atoms with Crippen LogP contribution in [-0.2, 0) is 0 Å². The second-order valence-electron chi connectivity index (χ2n) is 5.94. The number of hydrogen-bond donors (Lipinski definition) is 0. The lowest BCUT2D eigenvalue weighted by Crippen LogP contribution is -2.32. The number of aromatic nitrogens is 1. The Labute approximate surface area is 148 Å². The Morgan fingerprint density at radius 2 is 1.96 bits per heavy atom. The van der Waals surface area contributed by atoms with Crippen LogP contribution in [0.25, 0.3) is 0 Å². The lowest BCUT2D eigenvalue weighted by molar-refractivity contribution is -0.274. The molecule has 5 nitrogen and oxygen atoms in total. The van der Waals surface area contributed by atoms with Crippen molar-refractivity contribution >= 4 is 5.91 Å². The lowest BCUT2D eigenvalue weighted by atomic mass is 10.2. The Hall–Kier alpha value is -2.77. The number of carbonyl (C=O) groups is 1. The van der Waals surface area contributed by atoms with Crippen LogP contribution in [0.1, 0.15) is 22.5 Å². The summed E-state index contributed by atoms with van der Waals surface area (Å²) in [6, 6.07) is 10.7. The highest BCUT2D eigenvalue weighted by Gasteiger charge is 2.35. The monoisotopic (exact) mass is 366 g/mol. The molecule has 1 aliphatic rings. The van der Waals surface area contributed by atoms with E-state index in [0.29, 0.717) is 18.8 Å². The normalized spacial score (nSPS) is 17.2. The molecule has 1 atom stereocenters. The summed E-state index contributed by atoms with van der Waals surface area (Å²) >= 11 is 0. The summed E-state index contributed by atoms with van der Waals surface area (Å²) in [6.07, 6.45) is -4.54. The summed E-state index contributed by atoms with van der Waals surface area (Å²) in [5, 5.41) is 0. The number of carbonyl (C=O) groups excluding carboxylic acids is 1. The molecule has 0 saturated carbocycles. The number of pyridine rings is 1. The van der Waals surface area contributed by atoms with Crippen molar-refractivity contribution in [2.45, 2.75) is 25.8 Å². The first-order valence-electron chi connectivity index (χ1n) is 8.06. The van der Waals surface area contributed by atoms with Gasteiger partial charge in [-0.25, -0.2) is 4.98 Å². The van der Waals surface area contributed by atoms with Gasteiger partial charge in [0.1, 0.15) is 11.9 Å². The molecule has 8 heteroatoms. The molecule has 1 aromatic carbocycles. The molecule has 3 rings (SSSR count). The topological polar surface area (TPSA) is 51.7 Å². The second-order valence-corrected chi connectivity index (χ2v) is 5.94. The molecule has 0 N–H and O–H groups in total. The number of likely N-dealkylation sites (tertiary alicyclic amines) is 1. The molecular formula is C18H17F3N2O3. The molecule has 2 aromatic rings. The summed E-state index contributed by atoms with van der Waals surface area (Å²) in [4.78, 5) is 18.3. The van der Waals surface area contributed by atoms with Crippen molar-refractivity contribution < 1.29 is 27.4 Å². The van der Waals surface area contributed by atoms with Crippen LogP contribution in [0.3, 0.4) is 0 Å². The first kappa shape index (κ1) is 18.0. The average molecular weight is 366 g/mol. The molecule has 1 fully saturated rings. The van der Waals surface area contributed by atoms with Crippen molar-refractivity contribution in [3.63, 3.8) is 0 Å². The molecule has 26 heavy (non-hydrogen) atoms. The number of amides is 1. The number of rotatable bonds is 4. The smallest absolute Gasteiger partial charge is 0.472 e. The van der Waals surface area contributed by atoms with E-state index in [1.165, 1.54) is 23.1 Å². The summed E-state index contributed by atoms with van der Waals surface area (Å²) in [7, 11) is 0. The Balaban J connectivity index is 1.68. The van der Waals surface area contributed by atoms with Crippen molar-refractivity contribution in [1.29, 1.82) is 0 Å². The maximum Gasteiger partial charge on any atom is 0.573 e. The minimum Gasteiger partial charge on any atom is -0.472 e. The van der Waals surface area contributed by atoms with E-state index in [4.69, 9.17) is 4.74 Å². The van der Waals surface area contributed by atoms with Gasteiger partial charge in [-0.1, -0.05) is 18.2 Å². The number of aryl methyl sites for hydroxylation is 1. The van der Waals surface area contributed by atoms with E-state index in [1.807, 2.05) is 19.1 Å². The van der Waals surface area contributed by atoms with Gasteiger partial charge in [-0.2, -0.15) is 0 Å². The maximum atomic E-state index is 12.6. The molecular weight excluding hydrogens is 349 g/mol. The van der Waals surface area contributed by atoms with E-state index in [0.717, 1.165) is 11.8 Å². The maximum absolute atomic E-state index is 12.6. The minimum atomic E-state index is -4.86. The molecule has 1 unspecified atom stereocenters. The van der Waals surface area contributed by atoms with Crippen molar-refractivity contribution in [3.05, 3.63) is 53.7 Å². The molecule has 2 heterocycles. The van der Waals surface area contributed by atoms with Gasteiger partial charge in [0.05, 0.1) is 12.1 Å². The predicted octanol–water partition coefficient (Wildman–Crippen LogP) is 3.58. The predicted molar refractivity (Wildman–Crippen MR) is 87.0 cm³/mol. The molecule has 0 spiro atoms. The van der Waals surface area contributed by atoms with Crippen molar-refractivity contribution in [1.82, 2.24) is 9.88 Å². The average Bonchev–Trinajstić information content (AvgIpc) is 3.02. The number of benzene rings is 1. The fraction of sp³-hybridized carbons (Fsp3) is 0.333. The molecule has 138 valence electrons. The number of nitrogens with zero attached hydrogens (tertiary/aromatic N) is 2. The van der Waals surface area contributed by atoms with Gasteiger partial charge in [-0.3, -0.25) is 4.79 Å². The van der Waals surface area contributed by atoms with E-state index in [2.05, 4.69) is 9.72 Å². The van der Waals surface area contributed by atoms with Gasteiger partial charge in [-0.15, -0.1) is 13.2 Å². The molecule has 1 amide bonds. The van der Waals surface area contributed by atoms with E-state index < -0.39 is 18.0 Å². The highest BCUT2D eigenvalue weighted by molar-refractivity contribution is 5.97. The standard InChI is InChI=1S/C18H17F3N2O3/c1-12-5-4-8-16(22-12)25-13-9-10-23(11-13)17(24)14-6-2-3-7-15(14)26-18(19,20)21/h2-8,13H,9-11H2,1H3. The number of ether oxygens (including phenoxy) is 2. The van der Waals surface area contributed by atoms with Crippen molar-refractivity contribution in [2.75, 3.05) is 13.1 Å². The third kappa shape index (κ3) is 4.44. The zero-order chi connectivity index (χ0) is 18.7. The fourth-order valence-corrected chi connectivity index (χ4v) is 2.79. The van der Waals surface area contributed by atoms with Gasteiger partial charge >= 0.3 is 6.36 Å². The van der Waals surface area contributed by atoms with Crippen LogP contribution in [0, 0.1) is 6.92 Å². The van der Waals surface area contributed by atoms with Crippen LogP contribution in [0.4, 0.5) is 13.2 Å². The summed E-state index contributed by atoms with van der Waals surface area (Å²) in [5.74, 6) is -0.562.